The maximum absolute atomic E-state index is 11.4. The summed E-state index contributed by atoms with van der Waals surface area (Å²) < 4.78 is 28.3. The first kappa shape index (κ1) is 14.9. The molecule has 0 aromatic carbocycles. The Balaban J connectivity index is 2.33. The molecule has 0 amide bonds. The van der Waals surface area contributed by atoms with E-state index in [0.29, 0.717) is 30.1 Å². The molecule has 2 unspecified atom stereocenters. The summed E-state index contributed by atoms with van der Waals surface area (Å²) in [6.45, 7) is 6.53. The van der Waals surface area contributed by atoms with Gasteiger partial charge in [0.15, 0.2) is 9.84 Å². The molecule has 5 heteroatoms. The van der Waals surface area contributed by atoms with E-state index in [-0.39, 0.29) is 0 Å². The molecule has 0 spiro atoms. The first-order chi connectivity index (χ1) is 8.07. The molecule has 0 saturated carbocycles. The van der Waals surface area contributed by atoms with E-state index in [9.17, 15) is 8.42 Å². The molecule has 1 aliphatic heterocycles. The third-order valence-corrected chi connectivity index (χ3v) is 4.94. The summed E-state index contributed by atoms with van der Waals surface area (Å²) in [7, 11) is -2.75. The first-order valence-corrected chi connectivity index (χ1v) is 8.41. The van der Waals surface area contributed by atoms with Crippen LogP contribution in [0.1, 0.15) is 33.1 Å². The van der Waals surface area contributed by atoms with Gasteiger partial charge in [-0.2, -0.15) is 0 Å². The van der Waals surface area contributed by atoms with E-state index in [0.717, 1.165) is 32.4 Å². The van der Waals surface area contributed by atoms with Gasteiger partial charge in [0.05, 0.1) is 18.1 Å². The number of nitrogens with one attached hydrogen (secondary N) is 1. The molecule has 1 rings (SSSR count). The van der Waals surface area contributed by atoms with E-state index < -0.39 is 9.84 Å². The standard InChI is InChI=1S/C12H25NO3S/c1-3-6-16-9-12(13-4-2)8-11-5-7-17(14,15)10-11/h11-13H,3-10H2,1-2H3. The second kappa shape index (κ2) is 7.34. The van der Waals surface area contributed by atoms with Crippen LogP contribution < -0.4 is 5.32 Å². The van der Waals surface area contributed by atoms with E-state index in [2.05, 4.69) is 19.2 Å². The number of ether oxygens (including phenoxy) is 1. The molecule has 1 saturated heterocycles. The van der Waals surface area contributed by atoms with Crippen LogP contribution in [-0.4, -0.2) is 45.7 Å². The monoisotopic (exact) mass is 263 g/mol. The Bertz CT molecular complexity index is 303. The number of hydrogen-bond donors (Lipinski definition) is 1. The van der Waals surface area contributed by atoms with Crippen molar-refractivity contribution in [2.24, 2.45) is 5.92 Å². The summed E-state index contributed by atoms with van der Waals surface area (Å²) in [5.41, 5.74) is 0. The molecule has 0 aromatic heterocycles. The van der Waals surface area contributed by atoms with E-state index in [1.165, 1.54) is 0 Å². The van der Waals surface area contributed by atoms with Crippen molar-refractivity contribution in [2.45, 2.75) is 39.2 Å². The van der Waals surface area contributed by atoms with Crippen molar-refractivity contribution in [2.75, 3.05) is 31.3 Å². The molecule has 0 bridgehead atoms. The summed E-state index contributed by atoms with van der Waals surface area (Å²) in [6.07, 6.45) is 2.76. The van der Waals surface area contributed by atoms with E-state index in [4.69, 9.17) is 4.74 Å². The summed E-state index contributed by atoms with van der Waals surface area (Å²) in [5, 5.41) is 3.38. The highest BCUT2D eigenvalue weighted by Crippen LogP contribution is 2.23. The van der Waals surface area contributed by atoms with Gasteiger partial charge in [-0.25, -0.2) is 8.42 Å². The minimum Gasteiger partial charge on any atom is -0.380 e. The molecule has 2 atom stereocenters. The molecule has 4 nitrogen and oxygen atoms in total. The lowest BCUT2D eigenvalue weighted by atomic mass is 10.00. The molecule has 0 aliphatic carbocycles. The van der Waals surface area contributed by atoms with Gasteiger partial charge in [0, 0.05) is 12.6 Å². The van der Waals surface area contributed by atoms with Crippen LogP contribution in [0.25, 0.3) is 0 Å². The molecule has 0 aromatic rings. The lowest BCUT2D eigenvalue weighted by Gasteiger charge is -2.20. The minimum atomic E-state index is -2.75. The zero-order chi connectivity index (χ0) is 12.7. The summed E-state index contributed by atoms with van der Waals surface area (Å²) in [6, 6.07) is 0.296. The van der Waals surface area contributed by atoms with Gasteiger partial charge in [-0.3, -0.25) is 0 Å². The van der Waals surface area contributed by atoms with Crippen molar-refractivity contribution in [1.29, 1.82) is 0 Å². The van der Waals surface area contributed by atoms with Crippen molar-refractivity contribution in [3.05, 3.63) is 0 Å². The molecule has 1 fully saturated rings. The minimum absolute atomic E-state index is 0.296. The molecule has 17 heavy (non-hydrogen) atoms. The fraction of sp³-hybridized carbons (Fsp3) is 1.00. The predicted octanol–water partition coefficient (Wildman–Crippen LogP) is 1.22. The van der Waals surface area contributed by atoms with Crippen LogP contribution in [0.15, 0.2) is 0 Å². The topological polar surface area (TPSA) is 55.4 Å². The maximum Gasteiger partial charge on any atom is 0.150 e. The van der Waals surface area contributed by atoms with Crippen LogP contribution in [0.3, 0.4) is 0 Å². The third kappa shape index (κ3) is 5.84. The van der Waals surface area contributed by atoms with Crippen molar-refractivity contribution >= 4 is 9.84 Å². The number of hydrogen-bond acceptors (Lipinski definition) is 4. The van der Waals surface area contributed by atoms with Crippen LogP contribution in [0, 0.1) is 5.92 Å². The normalized spacial score (nSPS) is 24.9. The molecule has 0 radical (unpaired) electrons. The van der Waals surface area contributed by atoms with E-state index in [1.807, 2.05) is 0 Å². The van der Waals surface area contributed by atoms with Crippen LogP contribution in [-0.2, 0) is 14.6 Å². The highest BCUT2D eigenvalue weighted by atomic mass is 32.2. The molecule has 1 N–H and O–H groups in total. The molecular weight excluding hydrogens is 238 g/mol. The van der Waals surface area contributed by atoms with Gasteiger partial charge in [0.25, 0.3) is 0 Å². The molecule has 1 aliphatic rings. The Kier molecular flexibility index (Phi) is 6.44. The zero-order valence-electron chi connectivity index (χ0n) is 10.9. The predicted molar refractivity (Wildman–Crippen MR) is 70.0 cm³/mol. The van der Waals surface area contributed by atoms with E-state index in [1.54, 1.807) is 0 Å². The van der Waals surface area contributed by atoms with Gasteiger partial charge in [-0.1, -0.05) is 13.8 Å². The van der Waals surface area contributed by atoms with Gasteiger partial charge in [0.2, 0.25) is 0 Å². The maximum atomic E-state index is 11.4. The first-order valence-electron chi connectivity index (χ1n) is 6.59. The van der Waals surface area contributed by atoms with Crippen LogP contribution in [0.5, 0.6) is 0 Å². The van der Waals surface area contributed by atoms with Crippen LogP contribution in [0.2, 0.25) is 0 Å². The van der Waals surface area contributed by atoms with Crippen molar-refractivity contribution in [3.8, 4) is 0 Å². The molecule has 102 valence electrons. The Morgan fingerprint density at radius 2 is 2.18 bits per heavy atom. The van der Waals surface area contributed by atoms with Crippen molar-refractivity contribution in [3.63, 3.8) is 0 Å². The lowest BCUT2D eigenvalue weighted by Crippen LogP contribution is -2.35. The smallest absolute Gasteiger partial charge is 0.150 e. The summed E-state index contributed by atoms with van der Waals surface area (Å²) in [4.78, 5) is 0. The SMILES string of the molecule is CCCOCC(CC1CCS(=O)(=O)C1)NCC. The highest BCUT2D eigenvalue weighted by Gasteiger charge is 2.29. The second-order valence-electron chi connectivity index (χ2n) is 4.83. The van der Waals surface area contributed by atoms with Crippen molar-refractivity contribution < 1.29 is 13.2 Å². The Labute approximate surface area is 105 Å². The van der Waals surface area contributed by atoms with Gasteiger partial charge in [-0.15, -0.1) is 0 Å². The van der Waals surface area contributed by atoms with Crippen molar-refractivity contribution in [1.82, 2.24) is 5.32 Å². The highest BCUT2D eigenvalue weighted by molar-refractivity contribution is 7.91. The zero-order valence-corrected chi connectivity index (χ0v) is 11.8. The average molecular weight is 263 g/mol. The number of sulfone groups is 1. The number of likely N-dealkylation sites (N-methyl/N-ethyl adjacent to an activating group) is 1. The van der Waals surface area contributed by atoms with Gasteiger partial charge in [-0.05, 0) is 31.7 Å². The second-order valence-corrected chi connectivity index (χ2v) is 7.06. The van der Waals surface area contributed by atoms with E-state index >= 15 is 0 Å². The number of rotatable bonds is 8. The quantitative estimate of drug-likeness (QED) is 0.669. The fourth-order valence-corrected chi connectivity index (χ4v) is 4.21. The largest absolute Gasteiger partial charge is 0.380 e. The lowest BCUT2D eigenvalue weighted by molar-refractivity contribution is 0.105. The van der Waals surface area contributed by atoms with Gasteiger partial charge >= 0.3 is 0 Å². The van der Waals surface area contributed by atoms with Gasteiger partial charge in [0.1, 0.15) is 0 Å². The Morgan fingerprint density at radius 3 is 2.71 bits per heavy atom. The summed E-state index contributed by atoms with van der Waals surface area (Å²) >= 11 is 0. The third-order valence-electron chi connectivity index (χ3n) is 3.10. The average Bonchev–Trinajstić information content (AvgIpc) is 2.59. The molecule has 1 heterocycles. The fourth-order valence-electron chi connectivity index (χ4n) is 2.33. The summed E-state index contributed by atoms with van der Waals surface area (Å²) in [5.74, 6) is 1.05. The van der Waals surface area contributed by atoms with Crippen LogP contribution in [0.4, 0.5) is 0 Å². The molecular formula is C12H25NO3S. The Hall–Kier alpha value is -0.130. The Morgan fingerprint density at radius 1 is 1.41 bits per heavy atom. The van der Waals surface area contributed by atoms with Gasteiger partial charge < -0.3 is 10.1 Å². The van der Waals surface area contributed by atoms with Crippen LogP contribution >= 0.6 is 0 Å².